The zero-order valence-corrected chi connectivity index (χ0v) is 18.1. The number of methoxy groups -OCH3 is 1. The van der Waals surface area contributed by atoms with Gasteiger partial charge in [-0.05, 0) is 84.9 Å². The lowest BCUT2D eigenvalue weighted by atomic mass is 9.99. The average Bonchev–Trinajstić information content (AvgIpc) is 3.40. The fourth-order valence-electron chi connectivity index (χ4n) is 4.36. The third-order valence-corrected chi connectivity index (χ3v) is 6.75. The summed E-state index contributed by atoms with van der Waals surface area (Å²) in [4.78, 5) is 12.6. The summed E-state index contributed by atoms with van der Waals surface area (Å²) in [6.45, 7) is 8.04. The van der Waals surface area contributed by atoms with Crippen molar-refractivity contribution in [1.82, 2.24) is 4.72 Å². The van der Waals surface area contributed by atoms with Crippen molar-refractivity contribution in [1.29, 1.82) is 0 Å². The second-order valence-corrected chi connectivity index (χ2v) is 8.59. The zero-order valence-electron chi connectivity index (χ0n) is 17.3. The van der Waals surface area contributed by atoms with Crippen molar-refractivity contribution in [3.8, 4) is 0 Å². The summed E-state index contributed by atoms with van der Waals surface area (Å²) >= 11 is 1.30. The Morgan fingerprint density at radius 2 is 1.73 bits per heavy atom. The van der Waals surface area contributed by atoms with Crippen LogP contribution in [0.1, 0.15) is 51.0 Å². The highest BCUT2D eigenvalue weighted by molar-refractivity contribution is 7.97. The number of carbonyl (C=O) groups excluding carboxylic acids is 1. The number of fused-ring (bicyclic) bond motifs is 2. The summed E-state index contributed by atoms with van der Waals surface area (Å²) in [5, 5.41) is 3.53. The van der Waals surface area contributed by atoms with Crippen molar-refractivity contribution in [3.05, 3.63) is 76.6 Å². The van der Waals surface area contributed by atoms with Gasteiger partial charge in [0.05, 0.1) is 12.7 Å². The number of hydrogen-bond donors (Lipinski definition) is 3. The first-order chi connectivity index (χ1) is 14.5. The second-order valence-electron chi connectivity index (χ2n) is 7.74. The molecule has 30 heavy (non-hydrogen) atoms. The van der Waals surface area contributed by atoms with Gasteiger partial charge in [0.1, 0.15) is 11.6 Å². The summed E-state index contributed by atoms with van der Waals surface area (Å²) in [5.74, 6) is 0.729. The van der Waals surface area contributed by atoms with Crippen LogP contribution in [0, 0.1) is 0 Å². The topological polar surface area (TPSA) is 76.4 Å². The van der Waals surface area contributed by atoms with Crippen LogP contribution in [0.4, 0.5) is 5.69 Å². The normalized spacial score (nSPS) is 14.0. The molecular formula is C24H27N3O2S. The Morgan fingerprint density at radius 1 is 1.07 bits per heavy atom. The average molecular weight is 422 g/mol. The fourth-order valence-corrected chi connectivity index (χ4v) is 5.11. The Balaban J connectivity index is 1.53. The van der Waals surface area contributed by atoms with Crippen LogP contribution in [0.5, 0.6) is 0 Å². The van der Waals surface area contributed by atoms with Crippen LogP contribution in [-0.4, -0.2) is 13.0 Å². The first-order valence-electron chi connectivity index (χ1n) is 10.2. The van der Waals surface area contributed by atoms with Gasteiger partial charge >= 0.3 is 0 Å². The summed E-state index contributed by atoms with van der Waals surface area (Å²) in [6.07, 6.45) is 6.95. The Kier molecular flexibility index (Phi) is 5.77. The van der Waals surface area contributed by atoms with Gasteiger partial charge in [-0.1, -0.05) is 25.3 Å². The minimum absolute atomic E-state index is 0.439. The molecule has 0 aromatic heterocycles. The lowest BCUT2D eigenvalue weighted by Crippen LogP contribution is -2.16. The van der Waals surface area contributed by atoms with Crippen molar-refractivity contribution < 1.29 is 9.53 Å². The molecule has 2 aliphatic carbocycles. The largest absolute Gasteiger partial charge is 0.497 e. The van der Waals surface area contributed by atoms with Crippen molar-refractivity contribution in [2.75, 3.05) is 12.4 Å². The highest BCUT2D eigenvalue weighted by atomic mass is 32.2. The number of rotatable bonds is 8. The molecule has 0 aliphatic heterocycles. The molecule has 4 rings (SSSR count). The smallest absolute Gasteiger partial charge is 0.249 e. The summed E-state index contributed by atoms with van der Waals surface area (Å²) in [7, 11) is 1.57. The third-order valence-electron chi connectivity index (χ3n) is 5.85. The van der Waals surface area contributed by atoms with Gasteiger partial charge in [-0.3, -0.25) is 4.79 Å². The summed E-state index contributed by atoms with van der Waals surface area (Å²) in [6, 6.07) is 7.72. The molecule has 156 valence electrons. The van der Waals surface area contributed by atoms with Gasteiger partial charge in [0.25, 0.3) is 0 Å². The van der Waals surface area contributed by atoms with Crippen LogP contribution in [0.25, 0.3) is 5.76 Å². The van der Waals surface area contributed by atoms with Crippen molar-refractivity contribution >= 4 is 29.3 Å². The molecule has 2 aliphatic rings. The van der Waals surface area contributed by atoms with Gasteiger partial charge in [-0.15, -0.1) is 0 Å². The fraction of sp³-hybridized carbons (Fsp3) is 0.292. The summed E-state index contributed by atoms with van der Waals surface area (Å²) in [5.41, 5.74) is 13.8. The molecule has 6 heteroatoms. The van der Waals surface area contributed by atoms with Gasteiger partial charge in [-0.2, -0.15) is 0 Å². The Hall–Kier alpha value is -2.86. The van der Waals surface area contributed by atoms with E-state index in [4.69, 9.17) is 10.5 Å². The SMILES string of the molecule is C=C(NSc1cc(C(=C)OC)ccc1C(N)=O)Nc1c2c(cc3c1CCC3)CCC2. The lowest BCUT2D eigenvalue weighted by molar-refractivity contribution is 0.0997. The summed E-state index contributed by atoms with van der Waals surface area (Å²) < 4.78 is 8.45. The first-order valence-corrected chi connectivity index (χ1v) is 11.0. The van der Waals surface area contributed by atoms with Crippen molar-refractivity contribution in [2.24, 2.45) is 5.73 Å². The van der Waals surface area contributed by atoms with E-state index < -0.39 is 5.91 Å². The number of anilines is 1. The van der Waals surface area contributed by atoms with E-state index in [1.807, 2.05) is 6.07 Å². The second kappa shape index (κ2) is 8.48. The zero-order chi connectivity index (χ0) is 21.3. The van der Waals surface area contributed by atoms with Crippen LogP contribution in [0.3, 0.4) is 0 Å². The van der Waals surface area contributed by atoms with E-state index in [0.717, 1.165) is 31.2 Å². The van der Waals surface area contributed by atoms with Gasteiger partial charge < -0.3 is 20.5 Å². The molecule has 2 aromatic carbocycles. The molecule has 0 bridgehead atoms. The van der Waals surface area contributed by atoms with Crippen LogP contribution in [0.2, 0.25) is 0 Å². The van der Waals surface area contributed by atoms with Gasteiger partial charge in [0.2, 0.25) is 5.91 Å². The predicted octanol–water partition coefficient (Wildman–Crippen LogP) is 4.56. The maximum absolute atomic E-state index is 11.9. The third kappa shape index (κ3) is 3.92. The minimum Gasteiger partial charge on any atom is -0.497 e. The van der Waals surface area contributed by atoms with Crippen LogP contribution in [-0.2, 0) is 30.4 Å². The molecule has 0 heterocycles. The van der Waals surface area contributed by atoms with Crippen molar-refractivity contribution in [2.45, 2.75) is 43.4 Å². The van der Waals surface area contributed by atoms with E-state index in [1.165, 1.54) is 52.7 Å². The Morgan fingerprint density at radius 3 is 2.33 bits per heavy atom. The molecule has 0 fully saturated rings. The molecule has 2 aromatic rings. The highest BCUT2D eigenvalue weighted by Gasteiger charge is 2.24. The standard InChI is InChI=1S/C24H27N3O2S/c1-14(29-3)16-10-11-21(24(25)28)22(13-16)30-27-15(2)26-23-19-8-4-6-17(19)12-18-7-5-9-20(18)23/h10-13,26-27H,1-2,4-9H2,3H3,(H2,25,28). The Labute approximate surface area is 181 Å². The molecule has 0 atom stereocenters. The molecular weight excluding hydrogens is 394 g/mol. The van der Waals surface area contributed by atoms with E-state index in [-0.39, 0.29) is 0 Å². The van der Waals surface area contributed by atoms with Crippen LogP contribution < -0.4 is 15.8 Å². The van der Waals surface area contributed by atoms with E-state index in [2.05, 4.69) is 29.3 Å². The molecule has 5 nitrogen and oxygen atoms in total. The highest BCUT2D eigenvalue weighted by Crippen LogP contribution is 2.39. The maximum atomic E-state index is 11.9. The van der Waals surface area contributed by atoms with E-state index >= 15 is 0 Å². The number of nitrogens with two attached hydrogens (primary N) is 1. The monoisotopic (exact) mass is 421 g/mol. The quantitative estimate of drug-likeness (QED) is 0.430. The molecule has 0 spiro atoms. The van der Waals surface area contributed by atoms with Gasteiger partial charge in [0.15, 0.2) is 0 Å². The number of amides is 1. The molecule has 1 amide bonds. The first kappa shape index (κ1) is 20.4. The van der Waals surface area contributed by atoms with Gasteiger partial charge in [0, 0.05) is 16.1 Å². The van der Waals surface area contributed by atoms with Crippen molar-refractivity contribution in [3.63, 3.8) is 0 Å². The van der Waals surface area contributed by atoms with Gasteiger partial charge in [-0.25, -0.2) is 0 Å². The van der Waals surface area contributed by atoms with E-state index in [1.54, 1.807) is 19.2 Å². The minimum atomic E-state index is -0.480. The number of hydrogen-bond acceptors (Lipinski definition) is 5. The molecule has 4 N–H and O–H groups in total. The number of primary amides is 1. The molecule has 0 radical (unpaired) electrons. The molecule has 0 saturated carbocycles. The molecule has 0 unspecified atom stereocenters. The molecule has 0 saturated heterocycles. The maximum Gasteiger partial charge on any atom is 0.249 e. The van der Waals surface area contributed by atoms with Crippen LogP contribution >= 0.6 is 11.9 Å². The van der Waals surface area contributed by atoms with E-state index in [0.29, 0.717) is 22.0 Å². The Bertz CT molecular complexity index is 1010. The number of nitrogens with one attached hydrogen (secondary N) is 2. The van der Waals surface area contributed by atoms with E-state index in [9.17, 15) is 4.79 Å². The number of ether oxygens (including phenoxy) is 1. The number of benzene rings is 2. The number of carbonyl (C=O) groups is 1. The lowest BCUT2D eigenvalue weighted by Gasteiger charge is -2.19. The predicted molar refractivity (Wildman–Crippen MR) is 123 cm³/mol. The number of aryl methyl sites for hydroxylation is 2. The van der Waals surface area contributed by atoms with Crippen LogP contribution in [0.15, 0.2) is 48.1 Å².